The van der Waals surface area contributed by atoms with Gasteiger partial charge in [-0.2, -0.15) is 0 Å². The van der Waals surface area contributed by atoms with Crippen LogP contribution in [0, 0.1) is 0 Å². The SMILES string of the molecule is O=Cc1cc(Cl)ccc1OCCSc1ccccc1. The van der Waals surface area contributed by atoms with Crippen LogP contribution in [0.25, 0.3) is 0 Å². The van der Waals surface area contributed by atoms with Gasteiger partial charge in [-0.3, -0.25) is 4.79 Å². The second-order valence-electron chi connectivity index (χ2n) is 3.81. The van der Waals surface area contributed by atoms with Crippen molar-refractivity contribution >= 4 is 29.6 Å². The van der Waals surface area contributed by atoms with E-state index in [0.717, 1.165) is 12.0 Å². The minimum atomic E-state index is 0.484. The Morgan fingerprint density at radius 3 is 2.68 bits per heavy atom. The van der Waals surface area contributed by atoms with Gasteiger partial charge >= 0.3 is 0 Å². The van der Waals surface area contributed by atoms with Crippen molar-refractivity contribution in [2.45, 2.75) is 4.90 Å². The van der Waals surface area contributed by atoms with E-state index in [1.807, 2.05) is 18.2 Å². The Kier molecular flexibility index (Phi) is 5.31. The lowest BCUT2D eigenvalue weighted by Gasteiger charge is -2.08. The van der Waals surface area contributed by atoms with Crippen molar-refractivity contribution in [3.05, 3.63) is 59.1 Å². The zero-order valence-electron chi connectivity index (χ0n) is 10.2. The minimum Gasteiger partial charge on any atom is -0.492 e. The Morgan fingerprint density at radius 2 is 1.95 bits per heavy atom. The molecule has 0 saturated carbocycles. The Hall–Kier alpha value is -1.45. The zero-order valence-corrected chi connectivity index (χ0v) is 11.8. The van der Waals surface area contributed by atoms with Gasteiger partial charge in [-0.05, 0) is 30.3 Å². The van der Waals surface area contributed by atoms with Crippen LogP contribution >= 0.6 is 23.4 Å². The lowest BCUT2D eigenvalue weighted by Crippen LogP contribution is -2.02. The molecule has 19 heavy (non-hydrogen) atoms. The number of aldehydes is 1. The highest BCUT2D eigenvalue weighted by Crippen LogP contribution is 2.22. The summed E-state index contributed by atoms with van der Waals surface area (Å²) in [5.41, 5.74) is 0.484. The van der Waals surface area contributed by atoms with Crippen LogP contribution in [0.4, 0.5) is 0 Å². The summed E-state index contributed by atoms with van der Waals surface area (Å²) in [6.45, 7) is 0.544. The van der Waals surface area contributed by atoms with Crippen LogP contribution in [0.2, 0.25) is 5.02 Å². The number of carbonyl (C=O) groups is 1. The molecule has 4 heteroatoms. The molecule has 0 saturated heterocycles. The summed E-state index contributed by atoms with van der Waals surface area (Å²) >= 11 is 7.54. The smallest absolute Gasteiger partial charge is 0.153 e. The number of ether oxygens (including phenoxy) is 1. The van der Waals surface area contributed by atoms with Gasteiger partial charge in [0, 0.05) is 15.7 Å². The Balaban J connectivity index is 1.84. The van der Waals surface area contributed by atoms with Crippen LogP contribution in [-0.2, 0) is 0 Å². The molecular formula is C15H13ClO2S. The predicted molar refractivity (Wildman–Crippen MR) is 79.5 cm³/mol. The van der Waals surface area contributed by atoms with Crippen LogP contribution in [-0.4, -0.2) is 18.6 Å². The highest BCUT2D eigenvalue weighted by atomic mass is 35.5. The van der Waals surface area contributed by atoms with Gasteiger partial charge in [-0.15, -0.1) is 11.8 Å². The fourth-order valence-corrected chi connectivity index (χ4v) is 2.50. The Morgan fingerprint density at radius 1 is 1.16 bits per heavy atom. The Labute approximate surface area is 121 Å². The normalized spacial score (nSPS) is 10.2. The molecule has 2 rings (SSSR count). The van der Waals surface area contributed by atoms with Crippen molar-refractivity contribution in [3.8, 4) is 5.75 Å². The van der Waals surface area contributed by atoms with Crippen molar-refractivity contribution < 1.29 is 9.53 Å². The summed E-state index contributed by atoms with van der Waals surface area (Å²) in [5, 5.41) is 0.535. The lowest BCUT2D eigenvalue weighted by atomic mass is 10.2. The van der Waals surface area contributed by atoms with E-state index in [9.17, 15) is 4.79 Å². The van der Waals surface area contributed by atoms with E-state index in [1.165, 1.54) is 4.90 Å². The van der Waals surface area contributed by atoms with Gasteiger partial charge in [-0.25, -0.2) is 0 Å². The van der Waals surface area contributed by atoms with Crippen molar-refractivity contribution in [2.75, 3.05) is 12.4 Å². The first-order valence-electron chi connectivity index (χ1n) is 5.85. The molecule has 0 radical (unpaired) electrons. The van der Waals surface area contributed by atoms with Gasteiger partial charge in [0.25, 0.3) is 0 Å². The molecule has 2 aromatic carbocycles. The van der Waals surface area contributed by atoms with E-state index in [0.29, 0.717) is 22.9 Å². The number of benzene rings is 2. The summed E-state index contributed by atoms with van der Waals surface area (Å²) in [7, 11) is 0. The molecule has 0 N–H and O–H groups in total. The molecule has 0 amide bonds. The van der Waals surface area contributed by atoms with E-state index in [2.05, 4.69) is 12.1 Å². The summed E-state index contributed by atoms with van der Waals surface area (Å²) < 4.78 is 5.59. The lowest BCUT2D eigenvalue weighted by molar-refractivity contribution is 0.112. The van der Waals surface area contributed by atoms with E-state index < -0.39 is 0 Å². The standard InChI is InChI=1S/C15H13ClO2S/c16-13-6-7-15(12(10-13)11-17)18-8-9-19-14-4-2-1-3-5-14/h1-7,10-11H,8-9H2. The van der Waals surface area contributed by atoms with Gasteiger partial charge in [0.15, 0.2) is 6.29 Å². The van der Waals surface area contributed by atoms with E-state index in [4.69, 9.17) is 16.3 Å². The Bertz CT molecular complexity index is 543. The first-order valence-corrected chi connectivity index (χ1v) is 7.21. The molecule has 0 aliphatic heterocycles. The van der Waals surface area contributed by atoms with Crippen LogP contribution in [0.5, 0.6) is 5.75 Å². The maximum absolute atomic E-state index is 10.9. The van der Waals surface area contributed by atoms with Crippen molar-refractivity contribution in [2.24, 2.45) is 0 Å². The predicted octanol–water partition coefficient (Wildman–Crippen LogP) is 4.32. The van der Waals surface area contributed by atoms with Gasteiger partial charge < -0.3 is 4.74 Å². The van der Waals surface area contributed by atoms with Crippen LogP contribution in [0.3, 0.4) is 0 Å². The second kappa shape index (κ2) is 7.22. The molecule has 0 aliphatic rings. The zero-order chi connectivity index (χ0) is 13.5. The highest BCUT2D eigenvalue weighted by Gasteiger charge is 2.03. The monoisotopic (exact) mass is 292 g/mol. The number of rotatable bonds is 6. The summed E-state index contributed by atoms with van der Waals surface area (Å²) in [4.78, 5) is 12.1. The molecule has 0 heterocycles. The van der Waals surface area contributed by atoms with Gasteiger partial charge in [0.1, 0.15) is 5.75 Å². The molecule has 0 unspecified atom stereocenters. The molecule has 0 bridgehead atoms. The maximum atomic E-state index is 10.9. The summed E-state index contributed by atoms with van der Waals surface area (Å²) in [5.74, 6) is 1.40. The molecular weight excluding hydrogens is 280 g/mol. The van der Waals surface area contributed by atoms with Crippen molar-refractivity contribution in [3.63, 3.8) is 0 Å². The van der Waals surface area contributed by atoms with Gasteiger partial charge in [-0.1, -0.05) is 29.8 Å². The third kappa shape index (κ3) is 4.30. The molecule has 0 fully saturated rings. The average Bonchev–Trinajstić information content (AvgIpc) is 2.46. The highest BCUT2D eigenvalue weighted by molar-refractivity contribution is 7.99. The molecule has 2 aromatic rings. The van der Waals surface area contributed by atoms with Crippen molar-refractivity contribution in [1.29, 1.82) is 0 Å². The number of thioether (sulfide) groups is 1. The number of carbonyl (C=O) groups excluding carboxylic acids is 1. The second-order valence-corrected chi connectivity index (χ2v) is 5.41. The van der Waals surface area contributed by atoms with Crippen molar-refractivity contribution in [1.82, 2.24) is 0 Å². The molecule has 0 atom stereocenters. The molecule has 98 valence electrons. The van der Waals surface area contributed by atoms with Gasteiger partial charge in [0.2, 0.25) is 0 Å². The first kappa shape index (κ1) is 14.0. The van der Waals surface area contributed by atoms with Crippen LogP contribution in [0.15, 0.2) is 53.4 Å². The van der Waals surface area contributed by atoms with E-state index >= 15 is 0 Å². The maximum Gasteiger partial charge on any atom is 0.153 e. The molecule has 0 spiro atoms. The molecule has 0 aliphatic carbocycles. The van der Waals surface area contributed by atoms with E-state index in [-0.39, 0.29) is 0 Å². The first-order chi connectivity index (χ1) is 9.29. The van der Waals surface area contributed by atoms with Crippen LogP contribution < -0.4 is 4.74 Å². The number of hydrogen-bond acceptors (Lipinski definition) is 3. The fraction of sp³-hybridized carbons (Fsp3) is 0.133. The summed E-state index contributed by atoms with van der Waals surface area (Å²) in [6, 6.07) is 15.2. The minimum absolute atomic E-state index is 0.484. The topological polar surface area (TPSA) is 26.3 Å². The van der Waals surface area contributed by atoms with Gasteiger partial charge in [0.05, 0.1) is 12.2 Å². The number of hydrogen-bond donors (Lipinski definition) is 0. The van der Waals surface area contributed by atoms with Crippen LogP contribution in [0.1, 0.15) is 10.4 Å². The summed E-state index contributed by atoms with van der Waals surface area (Å²) in [6.07, 6.45) is 0.756. The fourth-order valence-electron chi connectivity index (χ4n) is 1.57. The largest absolute Gasteiger partial charge is 0.492 e. The third-order valence-electron chi connectivity index (χ3n) is 2.45. The molecule has 2 nitrogen and oxygen atoms in total. The number of halogens is 1. The van der Waals surface area contributed by atoms with E-state index in [1.54, 1.807) is 30.0 Å². The quantitative estimate of drug-likeness (QED) is 0.450. The third-order valence-corrected chi connectivity index (χ3v) is 3.66. The molecule has 0 aromatic heterocycles. The average molecular weight is 293 g/mol.